The highest BCUT2D eigenvalue weighted by atomic mass is 35.5. The number of carbonyl (C=O) groups excluding carboxylic acids is 3. The second kappa shape index (κ2) is 24.1. The zero-order valence-corrected chi connectivity index (χ0v) is 34.6. The minimum atomic E-state index is -4.31. The fourth-order valence-corrected chi connectivity index (χ4v) is 10.1. The highest BCUT2D eigenvalue weighted by molar-refractivity contribution is 7.91. The number of benzene rings is 1. The Morgan fingerprint density at radius 1 is 0.885 bits per heavy atom. The van der Waals surface area contributed by atoms with E-state index in [0.29, 0.717) is 5.56 Å². The SMILES string of the molecule is CP(C)(=O)CNC(=O)[C@H](NC(=O)[C@H](CS(=O)(=O)CCOP(=O)(N(CCCl)CCCl)N(CCCl)CCCl)NC(=O)CC[C@H](N)C(=O)O)c1ccccc1. The molecule has 0 unspecified atom stereocenters. The van der Waals surface area contributed by atoms with E-state index in [9.17, 15) is 36.7 Å². The van der Waals surface area contributed by atoms with Crippen molar-refractivity contribution in [3.05, 3.63) is 35.9 Å². The van der Waals surface area contributed by atoms with Gasteiger partial charge in [0.2, 0.25) is 17.7 Å². The van der Waals surface area contributed by atoms with Gasteiger partial charge in [-0.15, -0.1) is 46.4 Å². The summed E-state index contributed by atoms with van der Waals surface area (Å²) < 4.78 is 62.1. The normalized spacial score (nSPS) is 14.1. The van der Waals surface area contributed by atoms with Crippen molar-refractivity contribution in [2.24, 2.45) is 5.73 Å². The molecule has 298 valence electrons. The monoisotopic (exact) mass is 874 g/mol. The first-order valence-corrected chi connectivity index (χ1v) is 24.3. The fourth-order valence-electron chi connectivity index (χ4n) is 4.50. The van der Waals surface area contributed by atoms with Crippen molar-refractivity contribution < 1.29 is 46.4 Å². The van der Waals surface area contributed by atoms with Crippen LogP contribution in [0.25, 0.3) is 0 Å². The van der Waals surface area contributed by atoms with Gasteiger partial charge in [-0.25, -0.2) is 17.8 Å². The summed E-state index contributed by atoms with van der Waals surface area (Å²) in [5.41, 5.74) is 5.80. The zero-order valence-electron chi connectivity index (χ0n) is 28.9. The molecule has 0 aromatic heterocycles. The number of amides is 3. The maximum Gasteiger partial charge on any atom is 0.346 e. The largest absolute Gasteiger partial charge is 0.480 e. The van der Waals surface area contributed by atoms with Gasteiger partial charge in [0, 0.05) is 56.1 Å². The lowest BCUT2D eigenvalue weighted by molar-refractivity contribution is -0.138. The Bertz CT molecular complexity index is 1480. The van der Waals surface area contributed by atoms with Crippen LogP contribution in [-0.2, 0) is 42.7 Å². The van der Waals surface area contributed by atoms with Gasteiger partial charge in [-0.3, -0.25) is 23.7 Å². The van der Waals surface area contributed by atoms with Crippen LogP contribution in [0.5, 0.6) is 0 Å². The Morgan fingerprint density at radius 2 is 1.40 bits per heavy atom. The number of rotatable bonds is 27. The third-order valence-corrected chi connectivity index (χ3v) is 13.1. The standard InChI is InChI=1S/C29H48Cl4N6O10P2S/c1-50(2,45)21-35-28(42)26(22-6-4-3-5-7-22)37-27(41)24(36-25(40)9-8-23(34)29(43)44)20-52(47,48)19-18-49-51(46,38(14-10-30)15-11-31)39(16-12-32)17-13-33/h3-7,23-24,26H,8-21,34H2,1-2H3,(H,35,42)(H,36,40)(H,37,41)(H,43,44)/t23-,24-,26+/m0/s1. The van der Waals surface area contributed by atoms with Crippen LogP contribution in [0, 0.1) is 0 Å². The fraction of sp³-hybridized carbons (Fsp3) is 0.655. The summed E-state index contributed by atoms with van der Waals surface area (Å²) in [6.07, 6.45) is -0.979. The number of halogens is 4. The van der Waals surface area contributed by atoms with E-state index in [0.717, 1.165) is 0 Å². The number of carboxylic acid groups (broad SMARTS) is 1. The van der Waals surface area contributed by atoms with Crippen LogP contribution in [0.3, 0.4) is 0 Å². The first-order chi connectivity index (χ1) is 24.3. The molecule has 1 rings (SSSR count). The lowest BCUT2D eigenvalue weighted by Crippen LogP contribution is -2.53. The van der Waals surface area contributed by atoms with Crippen LogP contribution in [0.1, 0.15) is 24.4 Å². The highest BCUT2D eigenvalue weighted by Crippen LogP contribution is 2.54. The zero-order chi connectivity index (χ0) is 39.5. The third-order valence-electron chi connectivity index (χ3n) is 7.13. The number of carboxylic acids is 1. The molecule has 0 radical (unpaired) electrons. The average molecular weight is 877 g/mol. The number of nitrogens with two attached hydrogens (primary N) is 1. The van der Waals surface area contributed by atoms with Crippen molar-refractivity contribution in [2.75, 3.05) is 87.4 Å². The molecule has 0 saturated carbocycles. The molecule has 0 spiro atoms. The summed E-state index contributed by atoms with van der Waals surface area (Å²) in [6, 6.07) is 3.35. The lowest BCUT2D eigenvalue weighted by Gasteiger charge is -2.37. The number of sulfone groups is 1. The van der Waals surface area contributed by atoms with E-state index in [1.807, 2.05) is 0 Å². The quantitative estimate of drug-likeness (QED) is 0.0632. The Kier molecular flexibility index (Phi) is 22.5. The summed E-state index contributed by atoms with van der Waals surface area (Å²) in [5.74, 6) is -5.65. The van der Waals surface area contributed by atoms with Crippen molar-refractivity contribution in [2.45, 2.75) is 31.0 Å². The van der Waals surface area contributed by atoms with Crippen LogP contribution in [0.2, 0.25) is 0 Å². The average Bonchev–Trinajstić information content (AvgIpc) is 3.07. The molecule has 0 fully saturated rings. The number of alkyl halides is 4. The van der Waals surface area contributed by atoms with E-state index in [-0.39, 0.29) is 62.4 Å². The second-order valence-electron chi connectivity index (χ2n) is 11.8. The molecule has 0 heterocycles. The maximum atomic E-state index is 14.3. The van der Waals surface area contributed by atoms with Crippen molar-refractivity contribution in [3.8, 4) is 0 Å². The smallest absolute Gasteiger partial charge is 0.346 e. The Morgan fingerprint density at radius 3 is 1.87 bits per heavy atom. The summed E-state index contributed by atoms with van der Waals surface area (Å²) >= 11 is 23.8. The van der Waals surface area contributed by atoms with Gasteiger partial charge in [0.1, 0.15) is 18.1 Å². The molecule has 0 bridgehead atoms. The Balaban J connectivity index is 3.39. The number of hydrogen-bond donors (Lipinski definition) is 5. The summed E-state index contributed by atoms with van der Waals surface area (Å²) in [5, 5.41) is 16.4. The highest BCUT2D eigenvalue weighted by Gasteiger charge is 2.39. The topological polar surface area (TPSA) is 235 Å². The number of carbonyl (C=O) groups is 4. The van der Waals surface area contributed by atoms with Crippen LogP contribution in [0.15, 0.2) is 30.3 Å². The summed E-state index contributed by atoms with van der Waals surface area (Å²) in [6.45, 7) is 2.58. The number of nitrogens with zero attached hydrogens (tertiary/aromatic N) is 2. The van der Waals surface area contributed by atoms with Gasteiger partial charge in [-0.05, 0) is 25.3 Å². The van der Waals surface area contributed by atoms with E-state index in [1.54, 1.807) is 18.2 Å². The van der Waals surface area contributed by atoms with Crippen molar-refractivity contribution >= 4 is 94.7 Å². The second-order valence-corrected chi connectivity index (χ2v) is 21.4. The van der Waals surface area contributed by atoms with Gasteiger partial charge in [-0.1, -0.05) is 30.3 Å². The molecule has 1 aromatic carbocycles. The number of aliphatic carboxylic acids is 1. The summed E-state index contributed by atoms with van der Waals surface area (Å²) in [4.78, 5) is 50.9. The van der Waals surface area contributed by atoms with Gasteiger partial charge in [-0.2, -0.15) is 0 Å². The molecule has 23 heteroatoms. The minimum absolute atomic E-state index is 0.0458. The molecule has 0 aliphatic carbocycles. The van der Waals surface area contributed by atoms with Crippen molar-refractivity contribution in [1.29, 1.82) is 0 Å². The van der Waals surface area contributed by atoms with Crippen LogP contribution in [0.4, 0.5) is 0 Å². The molecule has 0 saturated heterocycles. The summed E-state index contributed by atoms with van der Waals surface area (Å²) in [7, 11) is -11.0. The van der Waals surface area contributed by atoms with E-state index in [4.69, 9.17) is 61.8 Å². The molecular formula is C29H48Cl4N6O10P2S. The number of hydrogen-bond acceptors (Lipinski definition) is 10. The molecule has 6 N–H and O–H groups in total. The molecule has 0 aliphatic heterocycles. The molecule has 52 heavy (non-hydrogen) atoms. The van der Waals surface area contributed by atoms with Gasteiger partial charge in [0.05, 0.1) is 31.5 Å². The van der Waals surface area contributed by atoms with Crippen molar-refractivity contribution in [3.63, 3.8) is 0 Å². The number of nitrogens with one attached hydrogen (secondary N) is 3. The van der Waals surface area contributed by atoms with Crippen LogP contribution >= 0.6 is 61.2 Å². The van der Waals surface area contributed by atoms with Gasteiger partial charge >= 0.3 is 13.6 Å². The third kappa shape index (κ3) is 17.8. The molecular weight excluding hydrogens is 828 g/mol. The van der Waals surface area contributed by atoms with Crippen LogP contribution in [-0.4, -0.2) is 146 Å². The van der Waals surface area contributed by atoms with E-state index in [1.165, 1.54) is 34.8 Å². The van der Waals surface area contributed by atoms with Gasteiger partial charge in [0.15, 0.2) is 9.84 Å². The predicted octanol–water partition coefficient (Wildman–Crippen LogP) is 2.32. The molecule has 0 aliphatic rings. The first-order valence-electron chi connectivity index (χ1n) is 16.0. The lowest BCUT2D eigenvalue weighted by atomic mass is 10.1. The van der Waals surface area contributed by atoms with Gasteiger partial charge < -0.3 is 35.9 Å². The van der Waals surface area contributed by atoms with E-state index < -0.39 is 91.0 Å². The molecule has 3 amide bonds. The first kappa shape index (κ1) is 48.5. The van der Waals surface area contributed by atoms with E-state index >= 15 is 0 Å². The molecule has 1 aromatic rings. The van der Waals surface area contributed by atoms with Crippen molar-refractivity contribution in [1.82, 2.24) is 25.3 Å². The Hall–Kier alpha value is -1.49. The molecule has 3 atom stereocenters. The maximum absolute atomic E-state index is 14.3. The molecule has 16 nitrogen and oxygen atoms in total. The Labute approximate surface area is 325 Å². The van der Waals surface area contributed by atoms with E-state index in [2.05, 4.69) is 16.0 Å². The van der Waals surface area contributed by atoms with Crippen LogP contribution < -0.4 is 21.7 Å². The predicted molar refractivity (Wildman–Crippen MR) is 205 cm³/mol. The minimum Gasteiger partial charge on any atom is -0.480 e. The van der Waals surface area contributed by atoms with Gasteiger partial charge in [0.25, 0.3) is 0 Å².